The fraction of sp³-hybridized carbons (Fsp3) is 0.158. The lowest BCUT2D eigenvalue weighted by atomic mass is 10.1. The van der Waals surface area contributed by atoms with Crippen LogP contribution >= 0.6 is 0 Å². The number of carbonyl (C=O) groups excluding carboxylic acids is 1. The summed E-state index contributed by atoms with van der Waals surface area (Å²) in [7, 11) is 0. The minimum absolute atomic E-state index is 0.147. The number of hydrogen-bond acceptors (Lipinski definition) is 2. The van der Waals surface area contributed by atoms with Crippen LogP contribution in [0, 0.1) is 6.92 Å². The number of carbonyl (C=O) groups is 1. The SMILES string of the molecule is Cc1ccc(C(=O)Nc2cc(CCc3ccccc3)[nH]n2)cc1. The summed E-state index contributed by atoms with van der Waals surface area (Å²) in [6, 6.07) is 19.7. The molecule has 0 aliphatic heterocycles. The summed E-state index contributed by atoms with van der Waals surface area (Å²) >= 11 is 0. The van der Waals surface area contributed by atoms with Crippen molar-refractivity contribution in [2.75, 3.05) is 5.32 Å². The van der Waals surface area contributed by atoms with E-state index in [4.69, 9.17) is 0 Å². The molecule has 4 heteroatoms. The van der Waals surface area contributed by atoms with Crippen LogP contribution in [0.1, 0.15) is 27.2 Å². The van der Waals surface area contributed by atoms with Crippen molar-refractivity contribution in [3.8, 4) is 0 Å². The maximum Gasteiger partial charge on any atom is 0.256 e. The minimum atomic E-state index is -0.147. The average Bonchev–Trinajstić information content (AvgIpc) is 3.02. The number of aromatic nitrogens is 2. The van der Waals surface area contributed by atoms with Gasteiger partial charge >= 0.3 is 0 Å². The molecule has 3 aromatic rings. The summed E-state index contributed by atoms with van der Waals surface area (Å²) in [5.74, 6) is 0.407. The van der Waals surface area contributed by atoms with Crippen molar-refractivity contribution < 1.29 is 4.79 Å². The Hall–Kier alpha value is -2.88. The Morgan fingerprint density at radius 1 is 1.04 bits per heavy atom. The summed E-state index contributed by atoms with van der Waals surface area (Å²) in [6.07, 6.45) is 1.80. The van der Waals surface area contributed by atoms with E-state index in [9.17, 15) is 4.79 Å². The molecule has 1 aromatic heterocycles. The zero-order valence-corrected chi connectivity index (χ0v) is 13.0. The Kier molecular flexibility index (Phi) is 4.52. The highest BCUT2D eigenvalue weighted by Crippen LogP contribution is 2.11. The normalized spacial score (nSPS) is 10.5. The van der Waals surface area contributed by atoms with Gasteiger partial charge in [0, 0.05) is 17.3 Å². The first-order valence-electron chi connectivity index (χ1n) is 7.67. The van der Waals surface area contributed by atoms with Gasteiger partial charge < -0.3 is 5.32 Å². The number of amides is 1. The molecule has 116 valence electrons. The van der Waals surface area contributed by atoms with Crippen molar-refractivity contribution >= 4 is 11.7 Å². The van der Waals surface area contributed by atoms with E-state index in [0.717, 1.165) is 24.1 Å². The average molecular weight is 305 g/mol. The van der Waals surface area contributed by atoms with Gasteiger partial charge in [-0.1, -0.05) is 48.0 Å². The van der Waals surface area contributed by atoms with Crippen LogP contribution in [0.5, 0.6) is 0 Å². The first-order valence-corrected chi connectivity index (χ1v) is 7.67. The molecular formula is C19H19N3O. The maximum atomic E-state index is 12.1. The summed E-state index contributed by atoms with van der Waals surface area (Å²) in [5, 5.41) is 9.95. The largest absolute Gasteiger partial charge is 0.305 e. The Balaban J connectivity index is 1.58. The molecule has 0 aliphatic carbocycles. The number of aryl methyl sites for hydroxylation is 3. The number of anilines is 1. The van der Waals surface area contributed by atoms with E-state index in [0.29, 0.717) is 11.4 Å². The quantitative estimate of drug-likeness (QED) is 0.754. The van der Waals surface area contributed by atoms with Crippen LogP contribution in [0.25, 0.3) is 0 Å². The smallest absolute Gasteiger partial charge is 0.256 e. The second kappa shape index (κ2) is 6.92. The highest BCUT2D eigenvalue weighted by Gasteiger charge is 2.08. The van der Waals surface area contributed by atoms with Crippen molar-refractivity contribution in [2.24, 2.45) is 0 Å². The molecule has 1 heterocycles. The zero-order valence-electron chi connectivity index (χ0n) is 13.0. The summed E-state index contributed by atoms with van der Waals surface area (Å²) in [4.78, 5) is 12.1. The molecule has 0 radical (unpaired) electrons. The van der Waals surface area contributed by atoms with Crippen LogP contribution in [0.4, 0.5) is 5.82 Å². The molecule has 2 N–H and O–H groups in total. The number of aromatic amines is 1. The molecule has 0 saturated heterocycles. The number of H-pyrrole nitrogens is 1. The summed E-state index contributed by atoms with van der Waals surface area (Å²) in [5.41, 5.74) is 4.05. The van der Waals surface area contributed by atoms with E-state index in [1.807, 2.05) is 55.5 Å². The summed E-state index contributed by atoms with van der Waals surface area (Å²) in [6.45, 7) is 1.99. The molecular weight excluding hydrogens is 286 g/mol. The number of nitrogens with zero attached hydrogens (tertiary/aromatic N) is 1. The molecule has 0 spiro atoms. The molecule has 0 atom stereocenters. The van der Waals surface area contributed by atoms with E-state index in [1.54, 1.807) is 0 Å². The lowest BCUT2D eigenvalue weighted by molar-refractivity contribution is 0.102. The Bertz CT molecular complexity index is 776. The first-order chi connectivity index (χ1) is 11.2. The Morgan fingerprint density at radius 3 is 2.52 bits per heavy atom. The topological polar surface area (TPSA) is 57.8 Å². The van der Waals surface area contributed by atoms with Gasteiger partial charge in [0.25, 0.3) is 5.91 Å². The van der Waals surface area contributed by atoms with E-state index in [1.165, 1.54) is 5.56 Å². The molecule has 2 aromatic carbocycles. The van der Waals surface area contributed by atoms with Gasteiger partial charge in [-0.2, -0.15) is 5.10 Å². The van der Waals surface area contributed by atoms with Crippen molar-refractivity contribution in [3.63, 3.8) is 0 Å². The molecule has 0 aliphatic rings. The van der Waals surface area contributed by atoms with E-state index in [2.05, 4.69) is 27.6 Å². The highest BCUT2D eigenvalue weighted by molar-refractivity contribution is 6.03. The Labute approximate surface area is 135 Å². The maximum absolute atomic E-state index is 12.1. The molecule has 1 amide bonds. The van der Waals surface area contributed by atoms with Gasteiger partial charge in [0.05, 0.1) is 0 Å². The lowest BCUT2D eigenvalue weighted by Gasteiger charge is -2.02. The number of rotatable bonds is 5. The first kappa shape index (κ1) is 15.0. The fourth-order valence-corrected chi connectivity index (χ4v) is 2.37. The van der Waals surface area contributed by atoms with Crippen molar-refractivity contribution in [1.29, 1.82) is 0 Å². The van der Waals surface area contributed by atoms with Crippen LogP contribution in [-0.2, 0) is 12.8 Å². The van der Waals surface area contributed by atoms with Gasteiger partial charge in [0.2, 0.25) is 0 Å². The van der Waals surface area contributed by atoms with Crippen LogP contribution in [0.3, 0.4) is 0 Å². The van der Waals surface area contributed by atoms with Gasteiger partial charge in [0.1, 0.15) is 0 Å². The van der Waals surface area contributed by atoms with E-state index >= 15 is 0 Å². The number of nitrogens with one attached hydrogen (secondary N) is 2. The third-order valence-electron chi connectivity index (χ3n) is 3.71. The minimum Gasteiger partial charge on any atom is -0.305 e. The monoisotopic (exact) mass is 305 g/mol. The predicted octanol–water partition coefficient (Wildman–Crippen LogP) is 3.76. The third kappa shape index (κ3) is 4.07. The van der Waals surface area contributed by atoms with Gasteiger partial charge in [-0.15, -0.1) is 0 Å². The van der Waals surface area contributed by atoms with Crippen LogP contribution in [-0.4, -0.2) is 16.1 Å². The van der Waals surface area contributed by atoms with Crippen LogP contribution in [0.15, 0.2) is 60.7 Å². The van der Waals surface area contributed by atoms with Gasteiger partial charge in [-0.25, -0.2) is 0 Å². The molecule has 23 heavy (non-hydrogen) atoms. The number of hydrogen-bond donors (Lipinski definition) is 2. The van der Waals surface area contributed by atoms with Crippen LogP contribution < -0.4 is 5.32 Å². The second-order valence-electron chi connectivity index (χ2n) is 5.58. The van der Waals surface area contributed by atoms with Crippen LogP contribution in [0.2, 0.25) is 0 Å². The molecule has 0 saturated carbocycles. The standard InChI is InChI=1S/C19H19N3O/c1-14-7-10-16(11-8-14)19(23)20-18-13-17(21-22-18)12-9-15-5-3-2-4-6-15/h2-8,10-11,13H,9,12H2,1H3,(H2,20,21,22,23). The fourth-order valence-electron chi connectivity index (χ4n) is 2.37. The third-order valence-corrected chi connectivity index (χ3v) is 3.71. The molecule has 0 fully saturated rings. The molecule has 3 rings (SSSR count). The molecule has 4 nitrogen and oxygen atoms in total. The second-order valence-corrected chi connectivity index (χ2v) is 5.58. The summed E-state index contributed by atoms with van der Waals surface area (Å²) < 4.78 is 0. The zero-order chi connectivity index (χ0) is 16.1. The predicted molar refractivity (Wildman–Crippen MR) is 91.6 cm³/mol. The van der Waals surface area contributed by atoms with Gasteiger partial charge in [-0.3, -0.25) is 9.89 Å². The molecule has 0 bridgehead atoms. The highest BCUT2D eigenvalue weighted by atomic mass is 16.1. The molecule has 0 unspecified atom stereocenters. The number of benzene rings is 2. The Morgan fingerprint density at radius 2 is 1.78 bits per heavy atom. The van der Waals surface area contributed by atoms with Crippen molar-refractivity contribution in [3.05, 3.63) is 83.0 Å². The van der Waals surface area contributed by atoms with Gasteiger partial charge in [0.15, 0.2) is 5.82 Å². The van der Waals surface area contributed by atoms with Crippen molar-refractivity contribution in [1.82, 2.24) is 10.2 Å². The van der Waals surface area contributed by atoms with E-state index < -0.39 is 0 Å². The lowest BCUT2D eigenvalue weighted by Crippen LogP contribution is -2.11. The van der Waals surface area contributed by atoms with Gasteiger partial charge in [-0.05, 0) is 37.5 Å². The van der Waals surface area contributed by atoms with Crippen molar-refractivity contribution in [2.45, 2.75) is 19.8 Å². The van der Waals surface area contributed by atoms with E-state index in [-0.39, 0.29) is 5.91 Å².